The highest BCUT2D eigenvalue weighted by atomic mass is 15.3. The van der Waals surface area contributed by atoms with E-state index in [9.17, 15) is 0 Å². The lowest BCUT2D eigenvalue weighted by molar-refractivity contribution is 0.690. The fraction of sp³-hybridized carbons (Fsp3) is 0.118. The monoisotopic (exact) mass is 317 g/mol. The van der Waals surface area contributed by atoms with Crippen LogP contribution < -0.4 is 5.73 Å². The molecule has 7 nitrogen and oxygen atoms in total. The maximum Gasteiger partial charge on any atom is 0.187 e. The first-order chi connectivity index (χ1) is 11.7. The van der Waals surface area contributed by atoms with E-state index in [1.165, 1.54) is 11.1 Å². The molecule has 0 aliphatic carbocycles. The molecule has 4 rings (SSSR count). The van der Waals surface area contributed by atoms with E-state index in [1.807, 2.05) is 23.0 Å². The Morgan fingerprint density at radius 2 is 2.00 bits per heavy atom. The molecule has 0 aliphatic heterocycles. The summed E-state index contributed by atoms with van der Waals surface area (Å²) >= 11 is 0. The molecule has 3 aromatic heterocycles. The van der Waals surface area contributed by atoms with Crippen molar-refractivity contribution < 1.29 is 0 Å². The minimum absolute atomic E-state index is 0.386. The van der Waals surface area contributed by atoms with Crippen LogP contribution in [0, 0.1) is 6.92 Å². The van der Waals surface area contributed by atoms with Crippen LogP contribution in [0.2, 0.25) is 0 Å². The van der Waals surface area contributed by atoms with E-state index in [1.54, 1.807) is 18.6 Å². The summed E-state index contributed by atoms with van der Waals surface area (Å²) in [4.78, 5) is 17.0. The smallest absolute Gasteiger partial charge is 0.187 e. The fourth-order valence-electron chi connectivity index (χ4n) is 2.55. The zero-order valence-electron chi connectivity index (χ0n) is 13.1. The van der Waals surface area contributed by atoms with Gasteiger partial charge in [0, 0.05) is 18.6 Å². The van der Waals surface area contributed by atoms with Gasteiger partial charge in [-0.1, -0.05) is 24.3 Å². The normalized spacial score (nSPS) is 11.0. The van der Waals surface area contributed by atoms with Gasteiger partial charge < -0.3 is 5.73 Å². The maximum atomic E-state index is 6.08. The Hall–Kier alpha value is -3.35. The van der Waals surface area contributed by atoms with Crippen LogP contribution in [0.15, 0.2) is 49.1 Å². The predicted molar refractivity (Wildman–Crippen MR) is 91.0 cm³/mol. The van der Waals surface area contributed by atoms with Crippen molar-refractivity contribution in [2.45, 2.75) is 13.5 Å². The van der Waals surface area contributed by atoms with Crippen LogP contribution in [0.3, 0.4) is 0 Å². The number of benzene rings is 1. The van der Waals surface area contributed by atoms with E-state index in [2.05, 4.69) is 44.1 Å². The molecule has 0 amide bonds. The number of anilines is 1. The molecule has 24 heavy (non-hydrogen) atoms. The molecule has 118 valence electrons. The van der Waals surface area contributed by atoms with Crippen LogP contribution >= 0.6 is 0 Å². The Bertz CT molecular complexity index is 1010. The average Bonchev–Trinajstić information content (AvgIpc) is 3.01. The number of fused-ring (bicyclic) bond motifs is 1. The molecule has 3 heterocycles. The van der Waals surface area contributed by atoms with Crippen molar-refractivity contribution >= 4 is 16.9 Å². The Balaban J connectivity index is 1.76. The summed E-state index contributed by atoms with van der Waals surface area (Å²) in [6.07, 6.45) is 6.67. The van der Waals surface area contributed by atoms with Gasteiger partial charge in [0.05, 0.1) is 18.1 Å². The highest BCUT2D eigenvalue weighted by Crippen LogP contribution is 2.21. The topological polar surface area (TPSA) is 95.4 Å². The summed E-state index contributed by atoms with van der Waals surface area (Å²) in [5.74, 6) is 0.811. The zero-order valence-corrected chi connectivity index (χ0v) is 13.1. The Labute approximate surface area is 138 Å². The van der Waals surface area contributed by atoms with Gasteiger partial charge in [-0.15, -0.1) is 0 Å². The van der Waals surface area contributed by atoms with Crippen LogP contribution in [0.1, 0.15) is 11.1 Å². The van der Waals surface area contributed by atoms with Crippen molar-refractivity contribution in [3.63, 3.8) is 0 Å². The molecule has 1 aromatic carbocycles. The molecule has 0 atom stereocenters. The van der Waals surface area contributed by atoms with Crippen molar-refractivity contribution in [2.24, 2.45) is 0 Å². The zero-order chi connectivity index (χ0) is 16.5. The molecule has 0 unspecified atom stereocenters. The van der Waals surface area contributed by atoms with Crippen molar-refractivity contribution in [2.75, 3.05) is 5.73 Å². The number of nitrogens with two attached hydrogens (primary N) is 1. The minimum Gasteiger partial charge on any atom is -0.383 e. The van der Waals surface area contributed by atoms with Crippen molar-refractivity contribution in [3.8, 4) is 11.5 Å². The van der Waals surface area contributed by atoms with Crippen LogP contribution in [-0.4, -0.2) is 29.7 Å². The van der Waals surface area contributed by atoms with E-state index >= 15 is 0 Å². The summed E-state index contributed by atoms with van der Waals surface area (Å²) in [5.41, 5.74) is 9.62. The van der Waals surface area contributed by atoms with Crippen molar-refractivity contribution in [1.82, 2.24) is 29.7 Å². The highest BCUT2D eigenvalue weighted by Gasteiger charge is 2.12. The molecule has 0 bridgehead atoms. The number of aryl methyl sites for hydroxylation is 1. The molecule has 0 radical (unpaired) electrons. The van der Waals surface area contributed by atoms with E-state index < -0.39 is 0 Å². The van der Waals surface area contributed by atoms with Crippen LogP contribution in [-0.2, 0) is 6.54 Å². The number of hydrogen-bond donors (Lipinski definition) is 1. The van der Waals surface area contributed by atoms with Crippen LogP contribution in [0.4, 0.5) is 5.82 Å². The van der Waals surface area contributed by atoms with Gasteiger partial charge in [-0.3, -0.25) is 9.67 Å². The first-order valence-electron chi connectivity index (χ1n) is 7.52. The second-order valence-electron chi connectivity index (χ2n) is 5.51. The van der Waals surface area contributed by atoms with Gasteiger partial charge in [-0.05, 0) is 18.1 Å². The quantitative estimate of drug-likeness (QED) is 0.622. The van der Waals surface area contributed by atoms with Crippen LogP contribution in [0.5, 0.6) is 0 Å². The van der Waals surface area contributed by atoms with Gasteiger partial charge in [-0.2, -0.15) is 5.10 Å². The number of aromatic nitrogens is 6. The largest absolute Gasteiger partial charge is 0.383 e. The maximum absolute atomic E-state index is 6.08. The summed E-state index contributed by atoms with van der Waals surface area (Å²) in [6, 6.07) is 8.21. The molecule has 2 N–H and O–H groups in total. The summed E-state index contributed by atoms with van der Waals surface area (Å²) < 4.78 is 1.83. The number of hydrogen-bond acceptors (Lipinski definition) is 6. The third kappa shape index (κ3) is 2.56. The van der Waals surface area contributed by atoms with Gasteiger partial charge >= 0.3 is 0 Å². The Kier molecular flexibility index (Phi) is 3.38. The fourth-order valence-corrected chi connectivity index (χ4v) is 2.55. The summed E-state index contributed by atoms with van der Waals surface area (Å²) in [5, 5.41) is 5.27. The molecular formula is C17H15N7. The first-order valence-corrected chi connectivity index (χ1v) is 7.52. The predicted octanol–water partition coefficient (Wildman–Crippen LogP) is 2.22. The molecule has 0 saturated heterocycles. The average molecular weight is 317 g/mol. The summed E-state index contributed by atoms with van der Waals surface area (Å²) in [7, 11) is 0. The third-order valence-corrected chi connectivity index (χ3v) is 3.84. The minimum atomic E-state index is 0.386. The summed E-state index contributed by atoms with van der Waals surface area (Å²) in [6.45, 7) is 2.74. The van der Waals surface area contributed by atoms with Gasteiger partial charge in [0.2, 0.25) is 0 Å². The number of nitrogen functional groups attached to an aromatic ring is 1. The lowest BCUT2D eigenvalue weighted by atomic mass is 10.1. The lowest BCUT2D eigenvalue weighted by Crippen LogP contribution is -2.01. The second-order valence-corrected chi connectivity index (χ2v) is 5.51. The molecule has 7 heteroatoms. The molecule has 0 fully saturated rings. The Morgan fingerprint density at radius 1 is 1.12 bits per heavy atom. The standard InChI is InChI=1S/C17H15N7/c1-11-4-2-3-5-12(11)9-24-10-13-15(18)21-17(22-16(13)23-24)14-8-19-6-7-20-14/h2-8,10H,9H2,1H3,(H2,18,21,22,23). The Morgan fingerprint density at radius 3 is 2.79 bits per heavy atom. The molecule has 0 aliphatic rings. The van der Waals surface area contributed by atoms with Gasteiger partial charge in [-0.25, -0.2) is 15.0 Å². The molecule has 0 spiro atoms. The van der Waals surface area contributed by atoms with E-state index in [4.69, 9.17) is 5.73 Å². The SMILES string of the molecule is Cc1ccccc1Cn1cc2c(N)nc(-c3cnccn3)nc2n1. The van der Waals surface area contributed by atoms with Gasteiger partial charge in [0.15, 0.2) is 11.5 Å². The highest BCUT2D eigenvalue weighted by molar-refractivity contribution is 5.86. The van der Waals surface area contributed by atoms with Crippen LogP contribution in [0.25, 0.3) is 22.6 Å². The molecule has 0 saturated carbocycles. The van der Waals surface area contributed by atoms with Crippen molar-refractivity contribution in [3.05, 3.63) is 60.2 Å². The lowest BCUT2D eigenvalue weighted by Gasteiger charge is -2.04. The van der Waals surface area contributed by atoms with E-state index in [0.29, 0.717) is 29.5 Å². The first kappa shape index (κ1) is 14.3. The van der Waals surface area contributed by atoms with E-state index in [-0.39, 0.29) is 0 Å². The van der Waals surface area contributed by atoms with Gasteiger partial charge in [0.25, 0.3) is 0 Å². The molecular weight excluding hydrogens is 302 g/mol. The number of rotatable bonds is 3. The second kappa shape index (κ2) is 5.69. The van der Waals surface area contributed by atoms with E-state index in [0.717, 1.165) is 5.39 Å². The van der Waals surface area contributed by atoms with Gasteiger partial charge in [0.1, 0.15) is 11.5 Å². The van der Waals surface area contributed by atoms with Crippen molar-refractivity contribution in [1.29, 1.82) is 0 Å². The third-order valence-electron chi connectivity index (χ3n) is 3.84. The number of nitrogens with zero attached hydrogens (tertiary/aromatic N) is 6. The molecule has 4 aromatic rings.